The Labute approximate surface area is 153 Å². The van der Waals surface area contributed by atoms with Crippen molar-refractivity contribution in [3.05, 3.63) is 52.5 Å². The molecule has 0 aromatic carbocycles. The normalized spacial score (nSPS) is 11.0. The van der Waals surface area contributed by atoms with Crippen molar-refractivity contribution >= 4 is 5.97 Å². The Bertz CT molecular complexity index is 759. The van der Waals surface area contributed by atoms with E-state index in [1.165, 1.54) is 11.6 Å². The summed E-state index contributed by atoms with van der Waals surface area (Å²) in [5.74, 6) is 0.114. The maximum Gasteiger partial charge on any atom is 0.335 e. The van der Waals surface area contributed by atoms with Crippen molar-refractivity contribution < 1.29 is 19.7 Å². The highest BCUT2D eigenvalue weighted by atomic mass is 16.5. The molecule has 2 aromatic rings. The van der Waals surface area contributed by atoms with Crippen LogP contribution >= 0.6 is 0 Å². The van der Waals surface area contributed by atoms with Gasteiger partial charge in [0.05, 0.1) is 25.0 Å². The van der Waals surface area contributed by atoms with Crippen LogP contribution in [-0.2, 0) is 25.9 Å². The number of aromatic carboxylic acids is 1. The van der Waals surface area contributed by atoms with E-state index < -0.39 is 5.97 Å². The van der Waals surface area contributed by atoms with Crippen LogP contribution in [0.3, 0.4) is 0 Å². The highest BCUT2D eigenvalue weighted by molar-refractivity contribution is 5.87. The molecular formula is C20H26N2O4. The van der Waals surface area contributed by atoms with Gasteiger partial charge < -0.3 is 14.9 Å². The third-order valence-electron chi connectivity index (χ3n) is 4.07. The number of hydrogen-bond donors (Lipinski definition) is 2. The number of rotatable bonds is 9. The molecule has 0 bridgehead atoms. The van der Waals surface area contributed by atoms with Gasteiger partial charge in [-0.15, -0.1) is 0 Å². The molecule has 0 atom stereocenters. The Morgan fingerprint density at radius 3 is 2.50 bits per heavy atom. The lowest BCUT2D eigenvalue weighted by atomic mass is 9.98. The molecule has 0 amide bonds. The van der Waals surface area contributed by atoms with E-state index in [-0.39, 0.29) is 12.2 Å². The Morgan fingerprint density at radius 1 is 1.15 bits per heavy atom. The van der Waals surface area contributed by atoms with Crippen LogP contribution < -0.4 is 4.74 Å². The lowest BCUT2D eigenvalue weighted by Gasteiger charge is -2.12. The first kappa shape index (κ1) is 19.8. The standard InChI is InChI=1S/C20H26N2O4/c1-13(2)9-14-7-8-19(26-3)22-18(14)6-4-5-16-10-15(20(24)25)11-17(12-23)21-16/h7-8,10-11,13,23H,4-6,9,12H2,1-3H3,(H,24,25). The Kier molecular flexibility index (Phi) is 7.09. The van der Waals surface area contributed by atoms with Gasteiger partial charge in [0.15, 0.2) is 0 Å². The SMILES string of the molecule is COc1ccc(CC(C)C)c(CCCc2cc(C(=O)O)cc(CO)n2)n1. The van der Waals surface area contributed by atoms with Gasteiger partial charge in [-0.25, -0.2) is 9.78 Å². The van der Waals surface area contributed by atoms with Crippen LogP contribution in [0.2, 0.25) is 0 Å². The summed E-state index contributed by atoms with van der Waals surface area (Å²) in [6, 6.07) is 6.91. The molecule has 0 aliphatic heterocycles. The summed E-state index contributed by atoms with van der Waals surface area (Å²) < 4.78 is 5.24. The van der Waals surface area contributed by atoms with Crippen molar-refractivity contribution in [2.24, 2.45) is 5.92 Å². The van der Waals surface area contributed by atoms with E-state index in [2.05, 4.69) is 29.9 Å². The fourth-order valence-electron chi connectivity index (χ4n) is 2.89. The Hall–Kier alpha value is -2.47. The number of carboxylic acids is 1. The van der Waals surface area contributed by atoms with Crippen LogP contribution in [0.25, 0.3) is 0 Å². The maximum absolute atomic E-state index is 11.2. The number of aromatic nitrogens is 2. The summed E-state index contributed by atoms with van der Waals surface area (Å²) in [4.78, 5) is 20.1. The van der Waals surface area contributed by atoms with E-state index >= 15 is 0 Å². The van der Waals surface area contributed by atoms with Crippen LogP contribution in [0.15, 0.2) is 24.3 Å². The van der Waals surface area contributed by atoms with E-state index in [9.17, 15) is 15.0 Å². The quantitative estimate of drug-likeness (QED) is 0.716. The van der Waals surface area contributed by atoms with Crippen molar-refractivity contribution in [1.82, 2.24) is 9.97 Å². The molecule has 0 aliphatic rings. The molecule has 0 spiro atoms. The predicted octanol–water partition coefficient (Wildman–Crippen LogP) is 3.05. The van der Waals surface area contributed by atoms with Gasteiger partial charge >= 0.3 is 5.97 Å². The van der Waals surface area contributed by atoms with E-state index in [1.807, 2.05) is 6.07 Å². The number of aryl methyl sites for hydroxylation is 2. The van der Waals surface area contributed by atoms with Crippen molar-refractivity contribution in [3.8, 4) is 5.88 Å². The van der Waals surface area contributed by atoms with Gasteiger partial charge in [0, 0.05) is 17.5 Å². The average molecular weight is 358 g/mol. The first-order valence-electron chi connectivity index (χ1n) is 8.79. The molecule has 26 heavy (non-hydrogen) atoms. The first-order chi connectivity index (χ1) is 12.4. The summed E-state index contributed by atoms with van der Waals surface area (Å²) >= 11 is 0. The van der Waals surface area contributed by atoms with Crippen LogP contribution in [-0.4, -0.2) is 33.3 Å². The minimum absolute atomic E-state index is 0.152. The molecule has 0 aliphatic carbocycles. The maximum atomic E-state index is 11.2. The molecule has 140 valence electrons. The van der Waals surface area contributed by atoms with Crippen LogP contribution in [0.5, 0.6) is 5.88 Å². The second-order valence-electron chi connectivity index (χ2n) is 6.71. The molecule has 0 saturated heterocycles. The first-order valence-corrected chi connectivity index (χ1v) is 8.79. The number of aliphatic hydroxyl groups is 1. The van der Waals surface area contributed by atoms with Gasteiger partial charge in [-0.1, -0.05) is 19.9 Å². The highest BCUT2D eigenvalue weighted by Crippen LogP contribution is 2.19. The lowest BCUT2D eigenvalue weighted by molar-refractivity contribution is 0.0696. The summed E-state index contributed by atoms with van der Waals surface area (Å²) in [6.45, 7) is 4.07. The number of methoxy groups -OCH3 is 1. The smallest absolute Gasteiger partial charge is 0.335 e. The molecule has 2 aromatic heterocycles. The fraction of sp³-hybridized carbons (Fsp3) is 0.450. The van der Waals surface area contributed by atoms with Gasteiger partial charge in [0.25, 0.3) is 0 Å². The molecule has 2 rings (SSSR count). The number of pyridine rings is 2. The van der Waals surface area contributed by atoms with Gasteiger partial charge in [-0.05, 0) is 49.3 Å². The number of nitrogens with zero attached hydrogens (tertiary/aromatic N) is 2. The lowest BCUT2D eigenvalue weighted by Crippen LogP contribution is -2.06. The van der Waals surface area contributed by atoms with Gasteiger partial charge in [-0.3, -0.25) is 4.98 Å². The molecule has 0 unspecified atom stereocenters. The predicted molar refractivity (Wildman–Crippen MR) is 98.5 cm³/mol. The number of carbonyl (C=O) groups is 1. The highest BCUT2D eigenvalue weighted by Gasteiger charge is 2.11. The van der Waals surface area contributed by atoms with E-state index in [1.54, 1.807) is 13.2 Å². The zero-order valence-corrected chi connectivity index (χ0v) is 15.5. The summed E-state index contributed by atoms with van der Waals surface area (Å²) in [5, 5.41) is 18.4. The van der Waals surface area contributed by atoms with Crippen LogP contribution in [0.1, 0.15) is 53.3 Å². The van der Waals surface area contributed by atoms with Crippen LogP contribution in [0, 0.1) is 5.92 Å². The van der Waals surface area contributed by atoms with Gasteiger partial charge in [-0.2, -0.15) is 0 Å². The number of ether oxygens (including phenoxy) is 1. The topological polar surface area (TPSA) is 92.5 Å². The molecule has 0 radical (unpaired) electrons. The van der Waals surface area contributed by atoms with Crippen LogP contribution in [0.4, 0.5) is 0 Å². The molecule has 2 heterocycles. The van der Waals surface area contributed by atoms with E-state index in [4.69, 9.17) is 4.74 Å². The monoisotopic (exact) mass is 358 g/mol. The fourth-order valence-corrected chi connectivity index (χ4v) is 2.89. The molecule has 2 N–H and O–H groups in total. The zero-order valence-electron chi connectivity index (χ0n) is 15.5. The minimum atomic E-state index is -1.02. The third kappa shape index (κ3) is 5.52. The van der Waals surface area contributed by atoms with Crippen molar-refractivity contribution in [2.45, 2.75) is 46.1 Å². The number of aliphatic hydroxyl groups excluding tert-OH is 1. The second kappa shape index (κ2) is 9.29. The molecule has 0 saturated carbocycles. The molecular weight excluding hydrogens is 332 g/mol. The third-order valence-corrected chi connectivity index (χ3v) is 4.07. The zero-order chi connectivity index (χ0) is 19.1. The van der Waals surface area contributed by atoms with Gasteiger partial charge in [0.2, 0.25) is 5.88 Å². The van der Waals surface area contributed by atoms with E-state index in [0.717, 1.165) is 25.0 Å². The largest absolute Gasteiger partial charge is 0.481 e. The number of hydrogen-bond acceptors (Lipinski definition) is 5. The molecule has 0 fully saturated rings. The second-order valence-corrected chi connectivity index (χ2v) is 6.71. The Morgan fingerprint density at radius 2 is 1.88 bits per heavy atom. The van der Waals surface area contributed by atoms with Crippen molar-refractivity contribution in [3.63, 3.8) is 0 Å². The van der Waals surface area contributed by atoms with Gasteiger partial charge in [0.1, 0.15) is 0 Å². The molecule has 6 nitrogen and oxygen atoms in total. The van der Waals surface area contributed by atoms with E-state index in [0.29, 0.717) is 29.6 Å². The van der Waals surface area contributed by atoms with Crippen molar-refractivity contribution in [1.29, 1.82) is 0 Å². The summed E-state index contributed by atoms with van der Waals surface area (Å²) in [5.41, 5.74) is 3.42. The summed E-state index contributed by atoms with van der Waals surface area (Å²) in [7, 11) is 1.60. The van der Waals surface area contributed by atoms with Crippen molar-refractivity contribution in [2.75, 3.05) is 7.11 Å². The Balaban J connectivity index is 2.11. The summed E-state index contributed by atoms with van der Waals surface area (Å²) in [6.07, 6.45) is 3.11. The minimum Gasteiger partial charge on any atom is -0.481 e. The average Bonchev–Trinajstić information content (AvgIpc) is 2.62. The molecule has 6 heteroatoms. The number of carboxylic acid groups (broad SMARTS) is 1.